The van der Waals surface area contributed by atoms with Gasteiger partial charge in [-0.1, -0.05) is 25.3 Å². The SMILES string of the molecule is COc1ccc(CC(=O)N2CCN(C(=O)C3CCCCC3)CC2)cc1F. The van der Waals surface area contributed by atoms with Crippen molar-refractivity contribution in [3.05, 3.63) is 29.6 Å². The Morgan fingerprint density at radius 1 is 1.08 bits per heavy atom. The fourth-order valence-electron chi connectivity index (χ4n) is 3.89. The summed E-state index contributed by atoms with van der Waals surface area (Å²) in [6.07, 6.45) is 5.69. The smallest absolute Gasteiger partial charge is 0.227 e. The Labute approximate surface area is 154 Å². The van der Waals surface area contributed by atoms with Crippen LogP contribution in [0.15, 0.2) is 18.2 Å². The topological polar surface area (TPSA) is 49.9 Å². The number of carbonyl (C=O) groups is 2. The molecule has 26 heavy (non-hydrogen) atoms. The number of hydrogen-bond donors (Lipinski definition) is 0. The molecule has 0 N–H and O–H groups in total. The Kier molecular flexibility index (Phi) is 6.12. The maximum Gasteiger partial charge on any atom is 0.227 e. The third kappa shape index (κ3) is 4.34. The van der Waals surface area contributed by atoms with E-state index in [-0.39, 0.29) is 29.9 Å². The normalized spacial score (nSPS) is 18.7. The summed E-state index contributed by atoms with van der Waals surface area (Å²) in [7, 11) is 1.41. The molecule has 1 saturated heterocycles. The molecule has 1 aliphatic carbocycles. The lowest BCUT2D eigenvalue weighted by molar-refractivity contribution is -0.142. The average molecular weight is 362 g/mol. The molecule has 6 heteroatoms. The van der Waals surface area contributed by atoms with E-state index in [0.29, 0.717) is 31.7 Å². The average Bonchev–Trinajstić information content (AvgIpc) is 2.68. The monoisotopic (exact) mass is 362 g/mol. The van der Waals surface area contributed by atoms with Gasteiger partial charge < -0.3 is 14.5 Å². The van der Waals surface area contributed by atoms with Gasteiger partial charge in [0.1, 0.15) is 0 Å². The highest BCUT2D eigenvalue weighted by Gasteiger charge is 2.29. The number of benzene rings is 1. The number of ether oxygens (including phenoxy) is 1. The molecule has 0 atom stereocenters. The number of piperazine rings is 1. The molecule has 1 saturated carbocycles. The fraction of sp³-hybridized carbons (Fsp3) is 0.600. The molecule has 1 aliphatic heterocycles. The summed E-state index contributed by atoms with van der Waals surface area (Å²) in [6, 6.07) is 4.60. The van der Waals surface area contributed by atoms with E-state index in [1.165, 1.54) is 19.6 Å². The molecule has 0 spiro atoms. The van der Waals surface area contributed by atoms with E-state index < -0.39 is 5.82 Å². The highest BCUT2D eigenvalue weighted by molar-refractivity contribution is 5.81. The van der Waals surface area contributed by atoms with Gasteiger partial charge in [0.2, 0.25) is 11.8 Å². The van der Waals surface area contributed by atoms with Crippen molar-refractivity contribution in [1.29, 1.82) is 0 Å². The van der Waals surface area contributed by atoms with E-state index in [9.17, 15) is 14.0 Å². The Balaban J connectivity index is 1.50. The number of nitrogens with zero attached hydrogens (tertiary/aromatic N) is 2. The molecule has 0 aromatic heterocycles. The van der Waals surface area contributed by atoms with E-state index in [1.54, 1.807) is 17.0 Å². The highest BCUT2D eigenvalue weighted by atomic mass is 19.1. The largest absolute Gasteiger partial charge is 0.494 e. The molecule has 142 valence electrons. The first-order chi connectivity index (χ1) is 12.6. The van der Waals surface area contributed by atoms with Gasteiger partial charge >= 0.3 is 0 Å². The fourth-order valence-corrected chi connectivity index (χ4v) is 3.89. The van der Waals surface area contributed by atoms with Gasteiger partial charge in [-0.15, -0.1) is 0 Å². The molecule has 1 aromatic carbocycles. The summed E-state index contributed by atoms with van der Waals surface area (Å²) in [5.41, 5.74) is 0.633. The quantitative estimate of drug-likeness (QED) is 0.827. The van der Waals surface area contributed by atoms with Crippen molar-refractivity contribution in [3.8, 4) is 5.75 Å². The van der Waals surface area contributed by atoms with Gasteiger partial charge in [0, 0.05) is 32.1 Å². The van der Waals surface area contributed by atoms with Crippen LogP contribution in [0.3, 0.4) is 0 Å². The predicted octanol–water partition coefficient (Wildman–Crippen LogP) is 2.63. The molecule has 0 radical (unpaired) electrons. The van der Waals surface area contributed by atoms with Crippen molar-refractivity contribution in [1.82, 2.24) is 9.80 Å². The molecule has 2 amide bonds. The Hall–Kier alpha value is -2.11. The van der Waals surface area contributed by atoms with Gasteiger partial charge in [-0.05, 0) is 30.5 Å². The molecule has 5 nitrogen and oxygen atoms in total. The molecule has 0 unspecified atom stereocenters. The molecule has 0 bridgehead atoms. The Morgan fingerprint density at radius 2 is 1.73 bits per heavy atom. The van der Waals surface area contributed by atoms with Crippen LogP contribution in [0, 0.1) is 11.7 Å². The molecular weight excluding hydrogens is 335 g/mol. The van der Waals surface area contributed by atoms with Gasteiger partial charge in [-0.25, -0.2) is 4.39 Å². The van der Waals surface area contributed by atoms with Crippen LogP contribution < -0.4 is 4.74 Å². The van der Waals surface area contributed by atoms with Crippen LogP contribution in [-0.2, 0) is 16.0 Å². The van der Waals surface area contributed by atoms with Crippen LogP contribution in [0.5, 0.6) is 5.75 Å². The van der Waals surface area contributed by atoms with Gasteiger partial charge in [-0.2, -0.15) is 0 Å². The highest BCUT2D eigenvalue weighted by Crippen LogP contribution is 2.26. The lowest BCUT2D eigenvalue weighted by atomic mass is 9.88. The molecule has 2 aliphatic rings. The minimum absolute atomic E-state index is 0.0284. The maximum atomic E-state index is 13.8. The first-order valence-electron chi connectivity index (χ1n) is 9.47. The summed E-state index contributed by atoms with van der Waals surface area (Å²) >= 11 is 0. The molecule has 2 fully saturated rings. The second-order valence-electron chi connectivity index (χ2n) is 7.19. The molecule has 3 rings (SSSR count). The van der Waals surface area contributed by atoms with Gasteiger partial charge in [0.25, 0.3) is 0 Å². The third-order valence-corrected chi connectivity index (χ3v) is 5.47. The van der Waals surface area contributed by atoms with Crippen LogP contribution in [-0.4, -0.2) is 54.9 Å². The van der Waals surface area contributed by atoms with Crippen LogP contribution in [0.25, 0.3) is 0 Å². The second-order valence-corrected chi connectivity index (χ2v) is 7.19. The van der Waals surface area contributed by atoms with Crippen molar-refractivity contribution in [2.45, 2.75) is 38.5 Å². The molecular formula is C20H27FN2O3. The summed E-state index contributed by atoms with van der Waals surface area (Å²) in [5.74, 6) is 0.123. The zero-order valence-electron chi connectivity index (χ0n) is 15.4. The maximum absolute atomic E-state index is 13.8. The summed E-state index contributed by atoms with van der Waals surface area (Å²) in [4.78, 5) is 28.7. The van der Waals surface area contributed by atoms with Crippen molar-refractivity contribution in [2.75, 3.05) is 33.3 Å². The number of rotatable bonds is 4. The van der Waals surface area contributed by atoms with Crippen molar-refractivity contribution in [2.24, 2.45) is 5.92 Å². The van der Waals surface area contributed by atoms with Crippen LogP contribution >= 0.6 is 0 Å². The van der Waals surface area contributed by atoms with Gasteiger partial charge in [-0.3, -0.25) is 9.59 Å². The predicted molar refractivity (Wildman–Crippen MR) is 96.4 cm³/mol. The van der Waals surface area contributed by atoms with Gasteiger partial charge in [0.05, 0.1) is 13.5 Å². The minimum Gasteiger partial charge on any atom is -0.494 e. The Bertz CT molecular complexity index is 650. The van der Waals surface area contributed by atoms with Crippen LogP contribution in [0.1, 0.15) is 37.7 Å². The van der Waals surface area contributed by atoms with Crippen molar-refractivity contribution < 1.29 is 18.7 Å². The summed E-state index contributed by atoms with van der Waals surface area (Å²) in [5, 5.41) is 0. The minimum atomic E-state index is -0.458. The lowest BCUT2D eigenvalue weighted by Crippen LogP contribution is -2.52. The van der Waals surface area contributed by atoms with Crippen LogP contribution in [0.2, 0.25) is 0 Å². The second kappa shape index (κ2) is 8.52. The number of hydrogen-bond acceptors (Lipinski definition) is 3. The van der Waals surface area contributed by atoms with Crippen LogP contribution in [0.4, 0.5) is 4.39 Å². The van der Waals surface area contributed by atoms with E-state index in [0.717, 1.165) is 25.7 Å². The number of amides is 2. The van der Waals surface area contributed by atoms with Crippen molar-refractivity contribution >= 4 is 11.8 Å². The lowest BCUT2D eigenvalue weighted by Gasteiger charge is -2.37. The molecule has 1 heterocycles. The third-order valence-electron chi connectivity index (χ3n) is 5.47. The van der Waals surface area contributed by atoms with Gasteiger partial charge in [0.15, 0.2) is 11.6 Å². The number of halogens is 1. The number of carbonyl (C=O) groups excluding carboxylic acids is 2. The Morgan fingerprint density at radius 3 is 2.35 bits per heavy atom. The van der Waals surface area contributed by atoms with E-state index in [2.05, 4.69) is 0 Å². The van der Waals surface area contributed by atoms with E-state index in [4.69, 9.17) is 4.74 Å². The standard InChI is InChI=1S/C20H27FN2O3/c1-26-18-8-7-15(13-17(18)21)14-19(24)22-9-11-23(12-10-22)20(25)16-5-3-2-4-6-16/h7-8,13,16H,2-6,9-12,14H2,1H3. The summed E-state index contributed by atoms with van der Waals surface area (Å²) in [6.45, 7) is 2.29. The van der Waals surface area contributed by atoms with Crippen molar-refractivity contribution in [3.63, 3.8) is 0 Å². The summed E-state index contributed by atoms with van der Waals surface area (Å²) < 4.78 is 18.7. The van der Waals surface area contributed by atoms with E-state index in [1.807, 2.05) is 4.90 Å². The first-order valence-corrected chi connectivity index (χ1v) is 9.47. The van der Waals surface area contributed by atoms with E-state index >= 15 is 0 Å². The first kappa shape index (κ1) is 18.7. The number of methoxy groups -OCH3 is 1. The zero-order valence-corrected chi connectivity index (χ0v) is 15.4. The zero-order chi connectivity index (χ0) is 18.5. The molecule has 1 aromatic rings.